The van der Waals surface area contributed by atoms with Crippen molar-refractivity contribution in [3.8, 4) is 11.5 Å². The number of hydrogen-bond acceptors (Lipinski definition) is 6. The quantitative estimate of drug-likeness (QED) is 0.508. The molecule has 0 atom stereocenters. The first-order chi connectivity index (χ1) is 14.9. The highest BCUT2D eigenvalue weighted by atomic mass is 16.6. The highest BCUT2D eigenvalue weighted by molar-refractivity contribution is 6.00. The SMILES string of the molecule is COc1ccc(CCNC(=O)c2cc([N+](=O)[O-])ccc2N2CCC(C)CC2)cc1OC. The summed E-state index contributed by atoms with van der Waals surface area (Å²) in [5, 5.41) is 14.2. The molecule has 0 unspecified atom stereocenters. The Balaban J connectivity index is 1.72. The van der Waals surface area contributed by atoms with Gasteiger partial charge < -0.3 is 19.7 Å². The van der Waals surface area contributed by atoms with Crippen LogP contribution in [0.1, 0.15) is 35.7 Å². The molecule has 0 aromatic heterocycles. The van der Waals surface area contributed by atoms with E-state index in [4.69, 9.17) is 9.47 Å². The third kappa shape index (κ3) is 5.45. The van der Waals surface area contributed by atoms with E-state index in [-0.39, 0.29) is 11.6 Å². The molecule has 0 aliphatic carbocycles. The number of carbonyl (C=O) groups is 1. The number of benzene rings is 2. The molecule has 0 radical (unpaired) electrons. The lowest BCUT2D eigenvalue weighted by atomic mass is 9.98. The van der Waals surface area contributed by atoms with Crippen molar-refractivity contribution in [2.24, 2.45) is 5.92 Å². The molecule has 2 aromatic carbocycles. The molecule has 1 aliphatic heterocycles. The minimum Gasteiger partial charge on any atom is -0.493 e. The summed E-state index contributed by atoms with van der Waals surface area (Å²) in [4.78, 5) is 25.9. The molecule has 8 heteroatoms. The summed E-state index contributed by atoms with van der Waals surface area (Å²) in [6.07, 6.45) is 2.67. The Morgan fingerprint density at radius 1 is 1.13 bits per heavy atom. The normalized spacial score (nSPS) is 14.2. The van der Waals surface area contributed by atoms with Crippen molar-refractivity contribution in [2.45, 2.75) is 26.2 Å². The van der Waals surface area contributed by atoms with Crippen LogP contribution < -0.4 is 19.7 Å². The van der Waals surface area contributed by atoms with Gasteiger partial charge in [0.1, 0.15) is 0 Å². The summed E-state index contributed by atoms with van der Waals surface area (Å²) in [6.45, 7) is 4.29. The van der Waals surface area contributed by atoms with Gasteiger partial charge in [-0.1, -0.05) is 13.0 Å². The van der Waals surface area contributed by atoms with Crippen LogP contribution in [-0.2, 0) is 6.42 Å². The van der Waals surface area contributed by atoms with Crippen LogP contribution in [0.3, 0.4) is 0 Å². The molecule has 1 aliphatic rings. The van der Waals surface area contributed by atoms with Gasteiger partial charge in [-0.2, -0.15) is 0 Å². The number of carbonyl (C=O) groups excluding carboxylic acids is 1. The van der Waals surface area contributed by atoms with Crippen molar-refractivity contribution < 1.29 is 19.2 Å². The summed E-state index contributed by atoms with van der Waals surface area (Å²) in [5.74, 6) is 1.62. The molecule has 8 nitrogen and oxygen atoms in total. The number of hydrogen-bond donors (Lipinski definition) is 1. The van der Waals surface area contributed by atoms with Crippen LogP contribution in [0.25, 0.3) is 0 Å². The van der Waals surface area contributed by atoms with Crippen LogP contribution in [0.2, 0.25) is 0 Å². The van der Waals surface area contributed by atoms with Gasteiger partial charge in [-0.25, -0.2) is 0 Å². The summed E-state index contributed by atoms with van der Waals surface area (Å²) < 4.78 is 10.6. The molecule has 0 bridgehead atoms. The van der Waals surface area contributed by atoms with Gasteiger partial charge in [0.15, 0.2) is 11.5 Å². The predicted octanol–water partition coefficient (Wildman–Crippen LogP) is 3.82. The summed E-state index contributed by atoms with van der Waals surface area (Å²) >= 11 is 0. The van der Waals surface area contributed by atoms with Crippen LogP contribution in [0.5, 0.6) is 11.5 Å². The van der Waals surface area contributed by atoms with Gasteiger partial charge in [0, 0.05) is 31.8 Å². The second kappa shape index (κ2) is 10.1. The standard InChI is InChI=1S/C23H29N3O5/c1-16-9-12-25(13-10-16)20-6-5-18(26(28)29)15-19(20)23(27)24-11-8-17-4-7-21(30-2)22(14-17)31-3/h4-7,14-16H,8-13H2,1-3H3,(H,24,27). The Kier molecular flexibility index (Phi) is 7.33. The van der Waals surface area contributed by atoms with E-state index in [1.165, 1.54) is 12.1 Å². The molecule has 0 spiro atoms. The highest BCUT2D eigenvalue weighted by Crippen LogP contribution is 2.30. The minimum absolute atomic E-state index is 0.0841. The Morgan fingerprint density at radius 2 is 1.84 bits per heavy atom. The maximum Gasteiger partial charge on any atom is 0.270 e. The number of nitrogens with zero attached hydrogens (tertiary/aromatic N) is 2. The molecule has 1 saturated heterocycles. The van der Waals surface area contributed by atoms with E-state index in [2.05, 4.69) is 17.1 Å². The van der Waals surface area contributed by atoms with Crippen molar-refractivity contribution in [1.29, 1.82) is 0 Å². The third-order valence-corrected chi connectivity index (χ3v) is 5.71. The van der Waals surface area contributed by atoms with Crippen LogP contribution >= 0.6 is 0 Å². The van der Waals surface area contributed by atoms with Gasteiger partial charge in [0.05, 0.1) is 30.4 Å². The number of piperidine rings is 1. The topological polar surface area (TPSA) is 93.9 Å². The smallest absolute Gasteiger partial charge is 0.270 e. The van der Waals surface area contributed by atoms with E-state index in [9.17, 15) is 14.9 Å². The zero-order valence-electron chi connectivity index (χ0n) is 18.2. The predicted molar refractivity (Wildman–Crippen MR) is 119 cm³/mol. The fourth-order valence-corrected chi connectivity index (χ4v) is 3.80. The van der Waals surface area contributed by atoms with E-state index < -0.39 is 4.92 Å². The first-order valence-corrected chi connectivity index (χ1v) is 10.5. The van der Waals surface area contributed by atoms with Crippen molar-refractivity contribution in [2.75, 3.05) is 38.8 Å². The van der Waals surface area contributed by atoms with Crippen molar-refractivity contribution in [3.63, 3.8) is 0 Å². The second-order valence-electron chi connectivity index (χ2n) is 7.82. The van der Waals surface area contributed by atoms with Crippen LogP contribution in [-0.4, -0.2) is 44.7 Å². The number of anilines is 1. The van der Waals surface area contributed by atoms with Crippen LogP contribution in [0, 0.1) is 16.0 Å². The monoisotopic (exact) mass is 427 g/mol. The van der Waals surface area contributed by atoms with Gasteiger partial charge in [-0.3, -0.25) is 14.9 Å². The van der Waals surface area contributed by atoms with Gasteiger partial charge in [-0.15, -0.1) is 0 Å². The Morgan fingerprint density at radius 3 is 2.48 bits per heavy atom. The maximum atomic E-state index is 13.0. The van der Waals surface area contributed by atoms with Crippen molar-refractivity contribution in [3.05, 3.63) is 57.6 Å². The van der Waals surface area contributed by atoms with Gasteiger partial charge in [-0.05, 0) is 48.9 Å². The maximum absolute atomic E-state index is 13.0. The lowest BCUT2D eigenvalue weighted by Gasteiger charge is -2.33. The molecule has 2 aromatic rings. The van der Waals surface area contributed by atoms with Crippen LogP contribution in [0.15, 0.2) is 36.4 Å². The number of nitrogens with one attached hydrogen (secondary N) is 1. The minimum atomic E-state index is -0.470. The average molecular weight is 428 g/mol. The molecule has 1 heterocycles. The summed E-state index contributed by atoms with van der Waals surface area (Å²) in [6, 6.07) is 10.1. The van der Waals surface area contributed by atoms with Gasteiger partial charge in [0.2, 0.25) is 0 Å². The lowest BCUT2D eigenvalue weighted by Crippen LogP contribution is -2.35. The van der Waals surface area contributed by atoms with Crippen molar-refractivity contribution in [1.82, 2.24) is 5.32 Å². The highest BCUT2D eigenvalue weighted by Gasteiger charge is 2.23. The fraction of sp³-hybridized carbons (Fsp3) is 0.435. The number of rotatable bonds is 8. The molecule has 1 N–H and O–H groups in total. The van der Waals surface area contributed by atoms with E-state index in [0.29, 0.717) is 35.9 Å². The van der Waals surface area contributed by atoms with E-state index in [0.717, 1.165) is 37.2 Å². The molecule has 166 valence electrons. The summed E-state index contributed by atoms with van der Waals surface area (Å²) in [7, 11) is 3.16. The lowest BCUT2D eigenvalue weighted by molar-refractivity contribution is -0.384. The molecule has 3 rings (SSSR count). The zero-order valence-corrected chi connectivity index (χ0v) is 18.2. The Labute approximate surface area is 182 Å². The number of amides is 1. The molecular weight excluding hydrogens is 398 g/mol. The summed E-state index contributed by atoms with van der Waals surface area (Å²) in [5.41, 5.74) is 2.00. The Bertz CT molecular complexity index is 939. The molecular formula is C23H29N3O5. The third-order valence-electron chi connectivity index (χ3n) is 5.71. The molecule has 0 saturated carbocycles. The molecule has 31 heavy (non-hydrogen) atoms. The van der Waals surface area contributed by atoms with Crippen LogP contribution in [0.4, 0.5) is 11.4 Å². The molecule has 1 fully saturated rings. The first kappa shape index (κ1) is 22.4. The second-order valence-corrected chi connectivity index (χ2v) is 7.82. The molecule has 1 amide bonds. The number of ether oxygens (including phenoxy) is 2. The largest absolute Gasteiger partial charge is 0.493 e. The number of methoxy groups -OCH3 is 2. The van der Waals surface area contributed by atoms with E-state index >= 15 is 0 Å². The fourth-order valence-electron chi connectivity index (χ4n) is 3.80. The van der Waals surface area contributed by atoms with E-state index in [1.807, 2.05) is 18.2 Å². The van der Waals surface area contributed by atoms with E-state index in [1.54, 1.807) is 20.3 Å². The number of non-ortho nitro benzene ring substituents is 1. The first-order valence-electron chi connectivity index (χ1n) is 10.5. The Hall–Kier alpha value is -3.29. The van der Waals surface area contributed by atoms with Gasteiger partial charge >= 0.3 is 0 Å². The average Bonchev–Trinajstić information content (AvgIpc) is 2.79. The zero-order chi connectivity index (χ0) is 22.4. The van der Waals surface area contributed by atoms with Crippen molar-refractivity contribution >= 4 is 17.3 Å². The number of nitro groups is 1. The number of nitro benzene ring substituents is 1. The van der Waals surface area contributed by atoms with Gasteiger partial charge in [0.25, 0.3) is 11.6 Å².